The maximum absolute atomic E-state index is 13.3. The molecule has 0 spiro atoms. The average Bonchev–Trinajstić information content (AvgIpc) is 3.38. The van der Waals surface area contributed by atoms with E-state index in [1.54, 1.807) is 23.6 Å². The minimum atomic E-state index is -4.54. The number of ketones is 1. The topological polar surface area (TPSA) is 66.8 Å². The Hall–Kier alpha value is -3.59. The minimum Gasteiger partial charge on any atom is -0.507 e. The lowest BCUT2D eigenvalue weighted by molar-refractivity contribution is -0.137. The van der Waals surface area contributed by atoms with Gasteiger partial charge in [0.05, 0.1) is 17.7 Å². The number of alkyl halides is 3. The Balaban J connectivity index is 1.90. The molecule has 1 amide bonds. The SMILES string of the molecule is CCOc1ccc(/C(O)=C2/C(=O)C(=O)N(c3ccc(C(F)(F)F)cc3)C2c2sccc2C)cc1C(C)C. The molecule has 0 radical (unpaired) electrons. The lowest BCUT2D eigenvalue weighted by Crippen LogP contribution is -2.29. The van der Waals surface area contributed by atoms with Crippen LogP contribution in [0.25, 0.3) is 5.76 Å². The maximum atomic E-state index is 13.3. The van der Waals surface area contributed by atoms with Crippen molar-refractivity contribution < 1.29 is 32.6 Å². The predicted octanol–water partition coefficient (Wildman–Crippen LogP) is 7.22. The van der Waals surface area contributed by atoms with Crippen LogP contribution in [0.5, 0.6) is 5.75 Å². The quantitative estimate of drug-likeness (QED) is 0.208. The van der Waals surface area contributed by atoms with Crippen molar-refractivity contribution in [2.24, 2.45) is 0 Å². The molecule has 0 saturated carbocycles. The molecule has 1 saturated heterocycles. The molecule has 1 N–H and O–H groups in total. The Labute approximate surface area is 216 Å². The van der Waals surface area contributed by atoms with Crippen LogP contribution < -0.4 is 9.64 Å². The number of carbonyl (C=O) groups is 2. The number of benzene rings is 2. The van der Waals surface area contributed by atoms with E-state index in [-0.39, 0.29) is 22.9 Å². The number of aliphatic hydroxyl groups excluding tert-OH is 1. The third-order valence-corrected chi connectivity index (χ3v) is 7.34. The highest BCUT2D eigenvalue weighted by atomic mass is 32.1. The number of ether oxygens (including phenoxy) is 1. The molecular weight excluding hydrogens is 503 g/mol. The highest BCUT2D eigenvalue weighted by molar-refractivity contribution is 7.10. The smallest absolute Gasteiger partial charge is 0.416 e. The lowest BCUT2D eigenvalue weighted by Gasteiger charge is -2.25. The van der Waals surface area contributed by atoms with Gasteiger partial charge in [0.2, 0.25) is 0 Å². The second-order valence-electron chi connectivity index (χ2n) is 9.02. The summed E-state index contributed by atoms with van der Waals surface area (Å²) < 4.78 is 45.1. The third-order valence-electron chi connectivity index (χ3n) is 6.27. The number of nitrogens with zero attached hydrogens (tertiary/aromatic N) is 1. The Morgan fingerprint density at radius 2 is 1.78 bits per heavy atom. The first-order valence-corrected chi connectivity index (χ1v) is 12.6. The number of thiophene rings is 1. The van der Waals surface area contributed by atoms with Crippen LogP contribution >= 0.6 is 11.3 Å². The van der Waals surface area contributed by atoms with Crippen LogP contribution in [0.4, 0.5) is 18.9 Å². The van der Waals surface area contributed by atoms with E-state index in [9.17, 15) is 27.9 Å². The number of carbonyl (C=O) groups excluding carboxylic acids is 2. The molecule has 194 valence electrons. The first-order valence-electron chi connectivity index (χ1n) is 11.7. The number of aryl methyl sites for hydroxylation is 1. The molecule has 2 aromatic carbocycles. The van der Waals surface area contributed by atoms with Gasteiger partial charge in [-0.15, -0.1) is 11.3 Å². The summed E-state index contributed by atoms with van der Waals surface area (Å²) in [5.74, 6) is -1.47. The molecule has 9 heteroatoms. The van der Waals surface area contributed by atoms with Crippen LogP contribution in [0.15, 0.2) is 59.5 Å². The highest BCUT2D eigenvalue weighted by Crippen LogP contribution is 2.45. The number of hydrogen-bond acceptors (Lipinski definition) is 5. The number of hydrogen-bond donors (Lipinski definition) is 1. The second-order valence-corrected chi connectivity index (χ2v) is 9.97. The molecule has 5 nitrogen and oxygen atoms in total. The predicted molar refractivity (Wildman–Crippen MR) is 137 cm³/mol. The van der Waals surface area contributed by atoms with Crippen LogP contribution in [0.2, 0.25) is 0 Å². The van der Waals surface area contributed by atoms with Gasteiger partial charge in [0, 0.05) is 16.1 Å². The molecule has 1 unspecified atom stereocenters. The van der Waals surface area contributed by atoms with Gasteiger partial charge in [-0.05, 0) is 84.8 Å². The van der Waals surface area contributed by atoms with E-state index in [1.807, 2.05) is 33.8 Å². The minimum absolute atomic E-state index is 0.0548. The van der Waals surface area contributed by atoms with Crippen molar-refractivity contribution in [3.63, 3.8) is 0 Å². The van der Waals surface area contributed by atoms with Gasteiger partial charge in [0.1, 0.15) is 17.6 Å². The van der Waals surface area contributed by atoms with Gasteiger partial charge < -0.3 is 9.84 Å². The van der Waals surface area contributed by atoms with Crippen LogP contribution in [0.1, 0.15) is 59.9 Å². The van der Waals surface area contributed by atoms with Crippen molar-refractivity contribution >= 4 is 34.5 Å². The third kappa shape index (κ3) is 4.87. The van der Waals surface area contributed by atoms with E-state index in [1.165, 1.54) is 11.3 Å². The molecule has 1 fully saturated rings. The van der Waals surface area contributed by atoms with Crippen molar-refractivity contribution in [2.75, 3.05) is 11.5 Å². The number of aliphatic hydroxyl groups is 1. The lowest BCUT2D eigenvalue weighted by atomic mass is 9.94. The van der Waals surface area contributed by atoms with Crippen LogP contribution in [0.3, 0.4) is 0 Å². The van der Waals surface area contributed by atoms with Crippen molar-refractivity contribution in [1.29, 1.82) is 0 Å². The van der Waals surface area contributed by atoms with Gasteiger partial charge in [0.15, 0.2) is 0 Å². The maximum Gasteiger partial charge on any atom is 0.416 e. The molecule has 2 heterocycles. The molecule has 1 aromatic heterocycles. The summed E-state index contributed by atoms with van der Waals surface area (Å²) in [6.45, 7) is 8.08. The van der Waals surface area contributed by atoms with Crippen molar-refractivity contribution in [3.8, 4) is 5.75 Å². The number of amides is 1. The summed E-state index contributed by atoms with van der Waals surface area (Å²) in [6.07, 6.45) is -4.54. The molecule has 37 heavy (non-hydrogen) atoms. The van der Waals surface area contributed by atoms with E-state index in [0.29, 0.717) is 22.8 Å². The van der Waals surface area contributed by atoms with Crippen molar-refractivity contribution in [2.45, 2.75) is 45.8 Å². The number of rotatable bonds is 6. The van der Waals surface area contributed by atoms with E-state index >= 15 is 0 Å². The zero-order chi connectivity index (χ0) is 27.1. The van der Waals surface area contributed by atoms with Gasteiger partial charge in [0.25, 0.3) is 11.7 Å². The summed E-state index contributed by atoms with van der Waals surface area (Å²) in [4.78, 5) is 28.4. The number of Topliss-reactive ketones (excluding diaryl/α,β-unsaturated/α-hetero) is 1. The van der Waals surface area contributed by atoms with Gasteiger partial charge in [-0.25, -0.2) is 0 Å². The molecule has 0 aliphatic carbocycles. The van der Waals surface area contributed by atoms with Gasteiger partial charge in [-0.1, -0.05) is 13.8 Å². The van der Waals surface area contributed by atoms with E-state index < -0.39 is 29.5 Å². The fourth-order valence-electron chi connectivity index (χ4n) is 4.41. The molecule has 1 aliphatic rings. The first kappa shape index (κ1) is 26.5. The standard InChI is InChI=1S/C28H26F3NO4S/c1-5-36-21-11-6-17(14-20(21)15(2)3)24(33)22-23(26-16(4)12-13-37-26)32(27(35)25(22)34)19-9-7-18(8-10-19)28(29,30)31/h6-15,23,33H,5H2,1-4H3/b24-22-. The molecular formula is C28H26F3NO4S. The zero-order valence-corrected chi connectivity index (χ0v) is 21.5. The van der Waals surface area contributed by atoms with Crippen LogP contribution in [-0.2, 0) is 15.8 Å². The number of anilines is 1. The van der Waals surface area contributed by atoms with Crippen molar-refractivity contribution in [1.82, 2.24) is 0 Å². The van der Waals surface area contributed by atoms with Gasteiger partial charge in [-0.2, -0.15) is 13.2 Å². The summed E-state index contributed by atoms with van der Waals surface area (Å²) in [6, 6.07) is 9.96. The average molecular weight is 530 g/mol. The molecule has 1 aliphatic heterocycles. The number of halogens is 3. The van der Waals surface area contributed by atoms with E-state index in [2.05, 4.69) is 0 Å². The molecule has 0 bridgehead atoms. The largest absolute Gasteiger partial charge is 0.507 e. The van der Waals surface area contributed by atoms with Crippen LogP contribution in [0, 0.1) is 6.92 Å². The first-order chi connectivity index (χ1) is 17.5. The zero-order valence-electron chi connectivity index (χ0n) is 20.7. The molecule has 1 atom stereocenters. The normalized spacial score (nSPS) is 17.6. The molecule has 3 aromatic rings. The summed E-state index contributed by atoms with van der Waals surface area (Å²) in [7, 11) is 0. The Morgan fingerprint density at radius 3 is 2.32 bits per heavy atom. The Bertz CT molecular complexity index is 1370. The summed E-state index contributed by atoms with van der Waals surface area (Å²) >= 11 is 1.30. The second kappa shape index (κ2) is 10.0. The summed E-state index contributed by atoms with van der Waals surface area (Å²) in [5, 5.41) is 13.2. The van der Waals surface area contributed by atoms with Crippen molar-refractivity contribution in [3.05, 3.63) is 86.6 Å². The monoisotopic (exact) mass is 529 g/mol. The Morgan fingerprint density at radius 1 is 1.11 bits per heavy atom. The van der Waals surface area contributed by atoms with Gasteiger partial charge in [-0.3, -0.25) is 14.5 Å². The fraction of sp³-hybridized carbons (Fsp3) is 0.286. The van der Waals surface area contributed by atoms with E-state index in [0.717, 1.165) is 40.3 Å². The Kier molecular flexibility index (Phi) is 7.19. The molecule has 4 rings (SSSR count). The van der Waals surface area contributed by atoms with E-state index in [4.69, 9.17) is 4.74 Å². The fourth-order valence-corrected chi connectivity index (χ4v) is 5.44. The summed E-state index contributed by atoms with van der Waals surface area (Å²) in [5.41, 5.74) is 1.10. The van der Waals surface area contributed by atoms with Gasteiger partial charge >= 0.3 is 6.18 Å². The highest BCUT2D eigenvalue weighted by Gasteiger charge is 2.48. The van der Waals surface area contributed by atoms with Crippen LogP contribution in [-0.4, -0.2) is 23.4 Å².